The Balaban J connectivity index is 2.88. The number of halogens is 1. The number of nitrogens with one attached hydrogen (secondary N) is 1. The normalized spacial score (nSPS) is 12.2. The van der Waals surface area contributed by atoms with Gasteiger partial charge in [0.25, 0.3) is 5.69 Å². The fourth-order valence-electron chi connectivity index (χ4n) is 1.06. The lowest BCUT2D eigenvalue weighted by Crippen LogP contribution is -2.25. The number of nitrogens with two attached hydrogens (primary N) is 1. The van der Waals surface area contributed by atoms with Crippen LogP contribution in [0.4, 0.5) is 15.8 Å². The van der Waals surface area contributed by atoms with Crippen molar-refractivity contribution in [1.29, 1.82) is 0 Å². The summed E-state index contributed by atoms with van der Waals surface area (Å²) < 4.78 is 13.3. The highest BCUT2D eigenvalue weighted by molar-refractivity contribution is 5.50. The van der Waals surface area contributed by atoms with Gasteiger partial charge in [-0.25, -0.2) is 4.39 Å². The molecule has 0 amide bonds. The molecule has 0 aliphatic heterocycles. The largest absolute Gasteiger partial charge is 0.379 e. The molecule has 0 heterocycles. The van der Waals surface area contributed by atoms with Gasteiger partial charge in [-0.05, 0) is 13.0 Å². The molecule has 5 nitrogen and oxygen atoms in total. The predicted octanol–water partition coefficient (Wildman–Crippen LogP) is 1.49. The maximum absolute atomic E-state index is 13.3. The van der Waals surface area contributed by atoms with Crippen LogP contribution in [0.25, 0.3) is 0 Å². The molecule has 0 radical (unpaired) electrons. The van der Waals surface area contributed by atoms with Crippen LogP contribution in [0.3, 0.4) is 0 Å². The lowest BCUT2D eigenvalue weighted by Gasteiger charge is -2.12. The summed E-state index contributed by atoms with van der Waals surface area (Å²) in [6.45, 7) is 2.15. The van der Waals surface area contributed by atoms with E-state index in [2.05, 4.69) is 5.32 Å². The second-order valence-electron chi connectivity index (χ2n) is 3.20. The van der Waals surface area contributed by atoms with Crippen molar-refractivity contribution in [1.82, 2.24) is 0 Å². The standard InChI is InChI=1S/C9H12FN3O2/c1-6(5-11)12-9-3-2-7(13(14)15)4-8(9)10/h2-4,6,12H,5,11H2,1H3. The van der Waals surface area contributed by atoms with E-state index in [0.29, 0.717) is 6.54 Å². The molecule has 1 rings (SSSR count). The molecule has 0 aliphatic carbocycles. The Morgan fingerprint density at radius 3 is 2.80 bits per heavy atom. The molecule has 1 atom stereocenters. The number of anilines is 1. The molecular weight excluding hydrogens is 201 g/mol. The SMILES string of the molecule is CC(CN)Nc1ccc([N+](=O)[O-])cc1F. The first-order valence-electron chi connectivity index (χ1n) is 4.45. The molecule has 0 spiro atoms. The minimum Gasteiger partial charge on any atom is -0.379 e. The highest BCUT2D eigenvalue weighted by Crippen LogP contribution is 2.20. The zero-order valence-corrected chi connectivity index (χ0v) is 8.24. The quantitative estimate of drug-likeness (QED) is 0.586. The number of nitrogens with zero attached hydrogens (tertiary/aromatic N) is 1. The molecule has 0 saturated carbocycles. The summed E-state index contributed by atoms with van der Waals surface area (Å²) in [4.78, 5) is 9.70. The van der Waals surface area contributed by atoms with Gasteiger partial charge in [0.1, 0.15) is 0 Å². The van der Waals surface area contributed by atoms with Crippen molar-refractivity contribution in [2.75, 3.05) is 11.9 Å². The van der Waals surface area contributed by atoms with Crippen molar-refractivity contribution in [3.05, 3.63) is 34.1 Å². The first-order chi connectivity index (χ1) is 7.04. The van der Waals surface area contributed by atoms with Gasteiger partial charge in [-0.15, -0.1) is 0 Å². The van der Waals surface area contributed by atoms with E-state index >= 15 is 0 Å². The van der Waals surface area contributed by atoms with E-state index in [1.165, 1.54) is 12.1 Å². The van der Waals surface area contributed by atoms with Crippen LogP contribution in [0, 0.1) is 15.9 Å². The van der Waals surface area contributed by atoms with E-state index in [1.807, 2.05) is 0 Å². The maximum Gasteiger partial charge on any atom is 0.272 e. The average molecular weight is 213 g/mol. The Morgan fingerprint density at radius 1 is 1.67 bits per heavy atom. The Hall–Kier alpha value is -1.69. The topological polar surface area (TPSA) is 81.2 Å². The molecule has 0 saturated heterocycles. The van der Waals surface area contributed by atoms with Gasteiger partial charge in [0.15, 0.2) is 5.82 Å². The van der Waals surface area contributed by atoms with Crippen LogP contribution in [0.1, 0.15) is 6.92 Å². The smallest absolute Gasteiger partial charge is 0.272 e. The average Bonchev–Trinajstić information content (AvgIpc) is 2.20. The van der Waals surface area contributed by atoms with Gasteiger partial charge in [-0.2, -0.15) is 0 Å². The molecule has 0 bridgehead atoms. The Bertz CT molecular complexity index is 370. The number of non-ortho nitro benzene ring substituents is 1. The van der Waals surface area contributed by atoms with Gasteiger partial charge in [0.2, 0.25) is 0 Å². The molecule has 82 valence electrons. The number of hydrogen-bond donors (Lipinski definition) is 2. The summed E-state index contributed by atoms with van der Waals surface area (Å²) in [5, 5.41) is 13.1. The fourth-order valence-corrected chi connectivity index (χ4v) is 1.06. The van der Waals surface area contributed by atoms with Gasteiger partial charge in [0, 0.05) is 18.7 Å². The first-order valence-corrected chi connectivity index (χ1v) is 4.45. The van der Waals surface area contributed by atoms with E-state index in [-0.39, 0.29) is 17.4 Å². The van der Waals surface area contributed by atoms with Crippen molar-refractivity contribution in [3.8, 4) is 0 Å². The van der Waals surface area contributed by atoms with Crippen molar-refractivity contribution >= 4 is 11.4 Å². The Kier molecular flexibility index (Phi) is 3.56. The highest BCUT2D eigenvalue weighted by Gasteiger charge is 2.11. The monoisotopic (exact) mass is 213 g/mol. The van der Waals surface area contributed by atoms with Crippen molar-refractivity contribution in [2.24, 2.45) is 5.73 Å². The summed E-state index contributed by atoms with van der Waals surface area (Å²) in [5.41, 5.74) is 5.31. The number of benzene rings is 1. The van der Waals surface area contributed by atoms with Crippen molar-refractivity contribution < 1.29 is 9.31 Å². The minimum absolute atomic E-state index is 0.0824. The summed E-state index contributed by atoms with van der Waals surface area (Å²) in [5.74, 6) is -0.649. The van der Waals surface area contributed by atoms with Crippen LogP contribution in [-0.2, 0) is 0 Å². The van der Waals surface area contributed by atoms with E-state index in [4.69, 9.17) is 5.73 Å². The number of nitro benzene ring substituents is 1. The number of nitro groups is 1. The third kappa shape index (κ3) is 2.88. The molecule has 0 fully saturated rings. The lowest BCUT2D eigenvalue weighted by molar-refractivity contribution is -0.385. The first kappa shape index (κ1) is 11.4. The molecule has 15 heavy (non-hydrogen) atoms. The molecule has 6 heteroatoms. The van der Waals surface area contributed by atoms with Gasteiger partial charge >= 0.3 is 0 Å². The third-order valence-electron chi connectivity index (χ3n) is 1.92. The van der Waals surface area contributed by atoms with Crippen LogP contribution >= 0.6 is 0 Å². The second-order valence-corrected chi connectivity index (χ2v) is 3.20. The fraction of sp³-hybridized carbons (Fsp3) is 0.333. The molecule has 1 unspecified atom stereocenters. The second kappa shape index (κ2) is 4.70. The maximum atomic E-state index is 13.3. The van der Waals surface area contributed by atoms with Crippen molar-refractivity contribution in [2.45, 2.75) is 13.0 Å². The van der Waals surface area contributed by atoms with Crippen LogP contribution in [0.2, 0.25) is 0 Å². The van der Waals surface area contributed by atoms with Crippen LogP contribution < -0.4 is 11.1 Å². The van der Waals surface area contributed by atoms with Crippen molar-refractivity contribution in [3.63, 3.8) is 0 Å². The third-order valence-corrected chi connectivity index (χ3v) is 1.92. The minimum atomic E-state index is -0.649. The molecular formula is C9H12FN3O2. The molecule has 1 aromatic carbocycles. The van der Waals surface area contributed by atoms with Gasteiger partial charge in [0.05, 0.1) is 16.7 Å². The zero-order valence-electron chi connectivity index (χ0n) is 8.24. The van der Waals surface area contributed by atoms with E-state index in [0.717, 1.165) is 6.07 Å². The van der Waals surface area contributed by atoms with Crippen LogP contribution in [0.5, 0.6) is 0 Å². The molecule has 0 aliphatic rings. The summed E-state index contributed by atoms with van der Waals surface area (Å²) >= 11 is 0. The van der Waals surface area contributed by atoms with E-state index < -0.39 is 10.7 Å². The summed E-state index contributed by atoms with van der Waals surface area (Å²) in [6, 6.07) is 3.38. The number of rotatable bonds is 4. The van der Waals surface area contributed by atoms with E-state index in [1.54, 1.807) is 6.92 Å². The Labute approximate surface area is 86.2 Å². The van der Waals surface area contributed by atoms with Gasteiger partial charge < -0.3 is 11.1 Å². The molecule has 0 aromatic heterocycles. The lowest BCUT2D eigenvalue weighted by atomic mass is 10.2. The summed E-state index contributed by atoms with van der Waals surface area (Å²) in [6.07, 6.45) is 0. The summed E-state index contributed by atoms with van der Waals surface area (Å²) in [7, 11) is 0. The van der Waals surface area contributed by atoms with E-state index in [9.17, 15) is 14.5 Å². The Morgan fingerprint density at radius 2 is 2.33 bits per heavy atom. The number of hydrogen-bond acceptors (Lipinski definition) is 4. The van der Waals surface area contributed by atoms with Crippen LogP contribution in [0.15, 0.2) is 18.2 Å². The highest BCUT2D eigenvalue weighted by atomic mass is 19.1. The van der Waals surface area contributed by atoms with Gasteiger partial charge in [-0.3, -0.25) is 10.1 Å². The van der Waals surface area contributed by atoms with Gasteiger partial charge in [-0.1, -0.05) is 0 Å². The van der Waals surface area contributed by atoms with Crippen LogP contribution in [-0.4, -0.2) is 17.5 Å². The molecule has 3 N–H and O–H groups in total. The predicted molar refractivity (Wildman–Crippen MR) is 55.2 cm³/mol. The zero-order chi connectivity index (χ0) is 11.4. The molecule has 1 aromatic rings.